The fraction of sp³-hybridized carbons (Fsp3) is 0.481. The summed E-state index contributed by atoms with van der Waals surface area (Å²) in [4.78, 5) is 0. The molecule has 304 valence electrons. The van der Waals surface area contributed by atoms with Crippen molar-refractivity contribution < 1.29 is 9.47 Å². The summed E-state index contributed by atoms with van der Waals surface area (Å²) >= 11 is 0. The topological polar surface area (TPSA) is 18.5 Å². The van der Waals surface area contributed by atoms with Crippen LogP contribution in [0.5, 0.6) is 11.5 Å². The van der Waals surface area contributed by atoms with Gasteiger partial charge in [-0.15, -0.1) is 0 Å². The van der Waals surface area contributed by atoms with Gasteiger partial charge in [-0.25, -0.2) is 0 Å². The summed E-state index contributed by atoms with van der Waals surface area (Å²) in [7, 11) is 1.47. The molecule has 0 N–H and O–H groups in total. The van der Waals surface area contributed by atoms with Crippen LogP contribution in [0.3, 0.4) is 0 Å². The van der Waals surface area contributed by atoms with Crippen LogP contribution in [0.1, 0.15) is 165 Å². The molecule has 6 rings (SSSR count). The van der Waals surface area contributed by atoms with Crippen LogP contribution in [0.4, 0.5) is 0 Å². The lowest BCUT2D eigenvalue weighted by Crippen LogP contribution is -2.43. The largest absolute Gasteiger partial charge is 0.496 e. The number of methoxy groups -OCH3 is 2. The highest BCUT2D eigenvalue weighted by molar-refractivity contribution is 6.81. The first kappa shape index (κ1) is 42.8. The Kier molecular flexibility index (Phi) is 11.1. The summed E-state index contributed by atoms with van der Waals surface area (Å²) in [6.07, 6.45) is 7.19. The van der Waals surface area contributed by atoms with E-state index in [4.69, 9.17) is 9.47 Å². The summed E-state index contributed by atoms with van der Waals surface area (Å²) in [5.41, 5.74) is 19.8. The second kappa shape index (κ2) is 14.8. The molecule has 0 saturated carbocycles. The minimum Gasteiger partial charge on any atom is -0.496 e. The lowest BCUT2D eigenvalue weighted by atomic mass is 9.80. The minimum atomic E-state index is -2.26. The average molecular weight is 781 g/mol. The number of rotatable bonds is 8. The molecule has 0 saturated heterocycles. The SMILES string of the molecule is CCC1=Cc2c(cc(C(C)(C)C)c(OC)c2-c2ccc(C(C)(C)C)cc2)C1[Si](C)(C)C1C(CC)=Cc2c1cc(C(C)(C)C)c(OC)c2-c1ccc(C(C)(C)C)cc1. The first-order valence-electron chi connectivity index (χ1n) is 21.5. The molecule has 0 heterocycles. The maximum absolute atomic E-state index is 6.46. The summed E-state index contributed by atoms with van der Waals surface area (Å²) in [6, 6.07) is 23.8. The quantitative estimate of drug-likeness (QED) is 0.166. The van der Waals surface area contributed by atoms with Gasteiger partial charge in [0.15, 0.2) is 0 Å². The predicted octanol–water partition coefficient (Wildman–Crippen LogP) is 15.5. The highest BCUT2D eigenvalue weighted by Crippen LogP contribution is 2.59. The van der Waals surface area contributed by atoms with Crippen molar-refractivity contribution in [3.63, 3.8) is 0 Å². The molecule has 2 unspecified atom stereocenters. The Bertz CT molecular complexity index is 2060. The lowest BCUT2D eigenvalue weighted by molar-refractivity contribution is 0.399. The van der Waals surface area contributed by atoms with Gasteiger partial charge in [-0.3, -0.25) is 0 Å². The van der Waals surface area contributed by atoms with E-state index in [1.165, 1.54) is 66.8 Å². The number of hydrogen-bond acceptors (Lipinski definition) is 2. The average Bonchev–Trinajstić information content (AvgIpc) is 3.71. The predicted molar refractivity (Wildman–Crippen MR) is 251 cm³/mol. The molecule has 0 bridgehead atoms. The van der Waals surface area contributed by atoms with Crippen molar-refractivity contribution in [3.8, 4) is 33.8 Å². The smallest absolute Gasteiger partial charge is 0.131 e. The van der Waals surface area contributed by atoms with Crippen molar-refractivity contribution in [2.24, 2.45) is 0 Å². The Morgan fingerprint density at radius 2 is 0.807 bits per heavy atom. The molecule has 2 nitrogen and oxygen atoms in total. The van der Waals surface area contributed by atoms with Crippen LogP contribution >= 0.6 is 0 Å². The third-order valence-corrected chi connectivity index (χ3v) is 17.5. The monoisotopic (exact) mass is 781 g/mol. The Morgan fingerprint density at radius 3 is 1.05 bits per heavy atom. The van der Waals surface area contributed by atoms with Crippen molar-refractivity contribution in [2.45, 2.75) is 156 Å². The Morgan fingerprint density at radius 1 is 0.491 bits per heavy atom. The van der Waals surface area contributed by atoms with Gasteiger partial charge in [0.25, 0.3) is 0 Å². The van der Waals surface area contributed by atoms with Gasteiger partial charge >= 0.3 is 0 Å². The Labute approximate surface area is 348 Å². The van der Waals surface area contributed by atoms with Crippen LogP contribution < -0.4 is 9.47 Å². The molecule has 0 fully saturated rings. The summed E-state index contributed by atoms with van der Waals surface area (Å²) in [5, 5.41) is 0. The number of hydrogen-bond donors (Lipinski definition) is 0. The van der Waals surface area contributed by atoms with Crippen LogP contribution in [-0.2, 0) is 21.7 Å². The third-order valence-electron chi connectivity index (χ3n) is 13.1. The lowest BCUT2D eigenvalue weighted by Gasteiger charge is -2.41. The van der Waals surface area contributed by atoms with E-state index < -0.39 is 8.07 Å². The van der Waals surface area contributed by atoms with E-state index in [0.29, 0.717) is 11.1 Å². The molecule has 3 heteroatoms. The number of benzene rings is 4. The summed E-state index contributed by atoms with van der Waals surface area (Å²) in [6.45, 7) is 37.9. The third kappa shape index (κ3) is 7.52. The van der Waals surface area contributed by atoms with Crippen molar-refractivity contribution in [3.05, 3.63) is 116 Å². The summed E-state index contributed by atoms with van der Waals surface area (Å²) < 4.78 is 12.9. The number of fused-ring (bicyclic) bond motifs is 2. The van der Waals surface area contributed by atoms with Gasteiger partial charge in [0.05, 0.1) is 22.3 Å². The molecule has 57 heavy (non-hydrogen) atoms. The van der Waals surface area contributed by atoms with E-state index in [0.717, 1.165) is 24.3 Å². The van der Waals surface area contributed by atoms with Crippen molar-refractivity contribution in [1.82, 2.24) is 0 Å². The maximum Gasteiger partial charge on any atom is 0.131 e. The zero-order valence-corrected chi connectivity index (χ0v) is 39.8. The van der Waals surface area contributed by atoms with Crippen LogP contribution in [-0.4, -0.2) is 22.3 Å². The first-order valence-corrected chi connectivity index (χ1v) is 24.7. The van der Waals surface area contributed by atoms with E-state index in [9.17, 15) is 0 Å². The number of allylic oxidation sites excluding steroid dienone is 2. The van der Waals surface area contributed by atoms with Crippen LogP contribution in [0.2, 0.25) is 13.1 Å². The fourth-order valence-electron chi connectivity index (χ4n) is 10.0. The van der Waals surface area contributed by atoms with Crippen LogP contribution in [0, 0.1) is 0 Å². The molecule has 4 aromatic rings. The normalized spacial score (nSPS) is 17.3. The standard InChI is InChI=1S/C54H72O2Si/c1-19-33-29-39-41(31-43(53(9,10)11)47(55-15)45(39)35-21-25-37(26-22-35)51(3,4)5)49(33)57(17,18)50-34(20-2)30-40-42(50)32-44(54(12,13)14)48(56-16)46(40)36-23-27-38(28-24-36)52(6,7)8/h21-32,49-50H,19-20H2,1-18H3. The molecule has 0 amide bonds. The van der Waals surface area contributed by atoms with Gasteiger partial charge in [0.2, 0.25) is 0 Å². The molecular formula is C54H72O2Si. The molecule has 0 aromatic heterocycles. The Balaban J connectivity index is 1.63. The maximum atomic E-state index is 6.46. The van der Waals surface area contributed by atoms with E-state index in [2.05, 4.69) is 183 Å². The van der Waals surface area contributed by atoms with Gasteiger partial charge in [-0.1, -0.05) is 194 Å². The molecule has 2 aliphatic carbocycles. The summed E-state index contributed by atoms with van der Waals surface area (Å²) in [5.74, 6) is 2.03. The van der Waals surface area contributed by atoms with E-state index in [1.54, 1.807) is 11.1 Å². The van der Waals surface area contributed by atoms with E-state index >= 15 is 0 Å². The number of ether oxygens (including phenoxy) is 2. The minimum absolute atomic E-state index is 0.0858. The zero-order valence-electron chi connectivity index (χ0n) is 38.8. The second-order valence-corrected chi connectivity index (χ2v) is 26.5. The van der Waals surface area contributed by atoms with Crippen LogP contribution in [0.15, 0.2) is 71.8 Å². The molecule has 0 aliphatic heterocycles. The van der Waals surface area contributed by atoms with Crippen molar-refractivity contribution >= 4 is 20.2 Å². The van der Waals surface area contributed by atoms with Crippen LogP contribution in [0.25, 0.3) is 34.4 Å². The molecule has 4 aromatic carbocycles. The molecular weight excluding hydrogens is 709 g/mol. The van der Waals surface area contributed by atoms with Crippen molar-refractivity contribution in [2.75, 3.05) is 14.2 Å². The van der Waals surface area contributed by atoms with Gasteiger partial charge in [0, 0.05) is 33.3 Å². The second-order valence-electron chi connectivity index (χ2n) is 21.7. The first-order chi connectivity index (χ1) is 26.4. The molecule has 2 aliphatic rings. The highest BCUT2D eigenvalue weighted by atomic mass is 28.3. The van der Waals surface area contributed by atoms with Gasteiger partial charge in [-0.2, -0.15) is 0 Å². The van der Waals surface area contributed by atoms with E-state index in [1.807, 2.05) is 14.2 Å². The van der Waals surface area contributed by atoms with E-state index in [-0.39, 0.29) is 21.7 Å². The highest BCUT2D eigenvalue weighted by Gasteiger charge is 2.50. The van der Waals surface area contributed by atoms with Gasteiger partial charge < -0.3 is 9.47 Å². The fourth-order valence-corrected chi connectivity index (χ4v) is 14.9. The Hall–Kier alpha value is -3.82. The molecule has 2 atom stereocenters. The van der Waals surface area contributed by atoms with Gasteiger partial charge in [-0.05, 0) is 79.0 Å². The van der Waals surface area contributed by atoms with Gasteiger partial charge in [0.1, 0.15) is 11.5 Å². The molecule has 0 radical (unpaired) electrons. The van der Waals surface area contributed by atoms with Crippen molar-refractivity contribution in [1.29, 1.82) is 0 Å². The molecule has 0 spiro atoms. The zero-order chi connectivity index (χ0) is 42.2.